The third kappa shape index (κ3) is 9.15. The van der Waals surface area contributed by atoms with Gasteiger partial charge in [0.25, 0.3) is 0 Å². The Morgan fingerprint density at radius 3 is 1.67 bits per heavy atom. The molecule has 0 amide bonds. The monoisotopic (exact) mass is 542 g/mol. The molecule has 0 unspecified atom stereocenters. The van der Waals surface area contributed by atoms with Crippen LogP contribution in [0.2, 0.25) is 0 Å². The third-order valence-corrected chi connectivity index (χ3v) is 5.55. The average molecular weight is 543 g/mol. The normalized spacial score (nSPS) is 11.7. The van der Waals surface area contributed by atoms with Crippen LogP contribution < -0.4 is 0 Å². The number of carboxylic acids is 1. The van der Waals surface area contributed by atoms with Crippen LogP contribution in [0.25, 0.3) is 0 Å². The number of esters is 1. The first kappa shape index (κ1) is 30.8. The fourth-order valence-corrected chi connectivity index (χ4v) is 3.54. The van der Waals surface area contributed by atoms with E-state index in [1.165, 1.54) is 12.4 Å². The Hall–Kier alpha value is -4.38. The molecule has 2 heterocycles. The molecule has 0 saturated heterocycles. The van der Waals surface area contributed by atoms with Crippen LogP contribution in [0, 0.1) is 0 Å². The lowest BCUT2D eigenvalue weighted by Crippen LogP contribution is -2.16. The molecule has 11 heteroatoms. The summed E-state index contributed by atoms with van der Waals surface area (Å²) >= 11 is 0. The molecule has 0 radical (unpaired) electrons. The summed E-state index contributed by atoms with van der Waals surface area (Å²) < 4.78 is 30.6. The van der Waals surface area contributed by atoms with Crippen LogP contribution >= 0.6 is 0 Å². The van der Waals surface area contributed by atoms with Gasteiger partial charge in [-0.25, -0.2) is 28.3 Å². The summed E-state index contributed by atoms with van der Waals surface area (Å²) in [6, 6.07) is 19.4. The molecule has 2 aromatic carbocycles. The average Bonchev–Trinajstić information content (AvgIpc) is 3.67. The fraction of sp³-hybridized carbons (Fsp3) is 0.286. The molecule has 9 nitrogen and oxygen atoms in total. The highest BCUT2D eigenvalue weighted by atomic mass is 19.1. The predicted molar refractivity (Wildman–Crippen MR) is 141 cm³/mol. The summed E-state index contributed by atoms with van der Waals surface area (Å²) in [5.41, 5.74) is 2.64. The Labute approximate surface area is 225 Å². The van der Waals surface area contributed by atoms with Gasteiger partial charge in [0, 0.05) is 0 Å². The molecular weight excluding hydrogens is 510 g/mol. The Morgan fingerprint density at radius 1 is 0.821 bits per heavy atom. The molecular formula is C28H32F2N4O5. The SMILES string of the molecule is C[C@H](c1ccccc1)n1cncc1C(=O)O.C[C@H](c1ccccc1)n1cncc1C(=O)OCCF.OCCF. The van der Waals surface area contributed by atoms with Crippen molar-refractivity contribution in [2.75, 3.05) is 26.6 Å². The molecule has 4 rings (SSSR count). The molecule has 0 aliphatic carbocycles. The number of aliphatic hydroxyl groups excluding tert-OH is 1. The first-order chi connectivity index (χ1) is 18.8. The van der Waals surface area contributed by atoms with Crippen molar-refractivity contribution >= 4 is 11.9 Å². The van der Waals surface area contributed by atoms with Gasteiger partial charge in [0.15, 0.2) is 0 Å². The van der Waals surface area contributed by atoms with Crippen LogP contribution in [0.3, 0.4) is 0 Å². The minimum Gasteiger partial charge on any atom is -0.477 e. The molecule has 2 N–H and O–H groups in total. The van der Waals surface area contributed by atoms with Crippen LogP contribution in [0.5, 0.6) is 0 Å². The molecule has 0 fully saturated rings. The second-order valence-corrected chi connectivity index (χ2v) is 8.09. The third-order valence-electron chi connectivity index (χ3n) is 5.55. The van der Waals surface area contributed by atoms with Gasteiger partial charge in [0.05, 0.1) is 43.7 Å². The lowest BCUT2D eigenvalue weighted by molar-refractivity contribution is 0.0467. The molecule has 2 aromatic heterocycles. The van der Waals surface area contributed by atoms with E-state index in [0.717, 1.165) is 11.1 Å². The first-order valence-corrected chi connectivity index (χ1v) is 12.1. The lowest BCUT2D eigenvalue weighted by Gasteiger charge is -2.16. The number of hydrogen-bond donors (Lipinski definition) is 2. The van der Waals surface area contributed by atoms with Gasteiger partial charge in [-0.1, -0.05) is 60.7 Å². The molecule has 0 aliphatic heterocycles. The van der Waals surface area contributed by atoms with Gasteiger partial charge < -0.3 is 24.1 Å². The largest absolute Gasteiger partial charge is 0.477 e. The van der Waals surface area contributed by atoms with E-state index in [1.54, 1.807) is 21.8 Å². The number of carbonyl (C=O) groups is 2. The van der Waals surface area contributed by atoms with E-state index < -0.39 is 25.3 Å². The molecule has 208 valence electrons. The Bertz CT molecular complexity index is 1260. The number of hydrogen-bond acceptors (Lipinski definition) is 6. The van der Waals surface area contributed by atoms with Gasteiger partial charge >= 0.3 is 11.9 Å². The second-order valence-electron chi connectivity index (χ2n) is 8.09. The molecule has 2 atom stereocenters. The highest BCUT2D eigenvalue weighted by Crippen LogP contribution is 2.20. The number of nitrogens with zero attached hydrogens (tertiary/aromatic N) is 4. The Kier molecular flexibility index (Phi) is 13.0. The van der Waals surface area contributed by atoms with Crippen LogP contribution in [-0.4, -0.2) is 67.8 Å². The molecule has 4 aromatic rings. The molecule has 0 saturated carbocycles. The molecule has 0 bridgehead atoms. The zero-order valence-electron chi connectivity index (χ0n) is 21.7. The van der Waals surface area contributed by atoms with Crippen molar-refractivity contribution in [3.8, 4) is 0 Å². The summed E-state index contributed by atoms with van der Waals surface area (Å²) in [6.45, 7) is 2.02. The highest BCUT2D eigenvalue weighted by molar-refractivity contribution is 5.87. The zero-order valence-corrected chi connectivity index (χ0v) is 21.7. The number of imidazole rings is 2. The van der Waals surface area contributed by atoms with Crippen LogP contribution in [0.1, 0.15) is 58.0 Å². The number of halogens is 2. The number of ether oxygens (including phenoxy) is 1. The first-order valence-electron chi connectivity index (χ1n) is 12.1. The van der Waals surface area contributed by atoms with E-state index in [4.69, 9.17) is 14.9 Å². The van der Waals surface area contributed by atoms with E-state index in [1.807, 2.05) is 74.5 Å². The molecule has 39 heavy (non-hydrogen) atoms. The van der Waals surface area contributed by atoms with Crippen molar-refractivity contribution in [3.05, 3.63) is 108 Å². The Morgan fingerprint density at radius 2 is 1.26 bits per heavy atom. The maximum absolute atomic E-state index is 12.0. The van der Waals surface area contributed by atoms with E-state index in [9.17, 15) is 18.4 Å². The van der Waals surface area contributed by atoms with E-state index in [2.05, 4.69) is 9.97 Å². The maximum atomic E-state index is 12.0. The topological polar surface area (TPSA) is 119 Å². The number of aromatic carboxylic acids is 1. The van der Waals surface area contributed by atoms with E-state index in [0.29, 0.717) is 5.69 Å². The number of carboxylic acid groups (broad SMARTS) is 1. The van der Waals surface area contributed by atoms with Crippen molar-refractivity contribution in [3.63, 3.8) is 0 Å². The number of aliphatic hydroxyl groups is 1. The van der Waals surface area contributed by atoms with Gasteiger partial charge in [-0.15, -0.1) is 0 Å². The highest BCUT2D eigenvalue weighted by Gasteiger charge is 2.18. The minimum absolute atomic E-state index is 0.0326. The number of rotatable bonds is 9. The van der Waals surface area contributed by atoms with Gasteiger partial charge in [0.1, 0.15) is 31.3 Å². The summed E-state index contributed by atoms with van der Waals surface area (Å²) in [6.07, 6.45) is 5.91. The van der Waals surface area contributed by atoms with Gasteiger partial charge in [-0.3, -0.25) is 0 Å². The lowest BCUT2D eigenvalue weighted by atomic mass is 10.1. The van der Waals surface area contributed by atoms with Gasteiger partial charge in [-0.05, 0) is 25.0 Å². The van der Waals surface area contributed by atoms with Crippen LogP contribution in [0.15, 0.2) is 85.7 Å². The van der Waals surface area contributed by atoms with Crippen LogP contribution in [0.4, 0.5) is 8.78 Å². The summed E-state index contributed by atoms with van der Waals surface area (Å²) in [5.74, 6) is -1.52. The fourth-order valence-electron chi connectivity index (χ4n) is 3.54. The summed E-state index contributed by atoms with van der Waals surface area (Å²) in [4.78, 5) is 30.6. The number of aromatic nitrogens is 4. The summed E-state index contributed by atoms with van der Waals surface area (Å²) in [7, 11) is 0. The maximum Gasteiger partial charge on any atom is 0.356 e. The van der Waals surface area contributed by atoms with Crippen molar-refractivity contribution < 1.29 is 33.3 Å². The Balaban J connectivity index is 0.000000243. The smallest absolute Gasteiger partial charge is 0.356 e. The number of benzene rings is 2. The van der Waals surface area contributed by atoms with Crippen molar-refractivity contribution in [2.24, 2.45) is 0 Å². The standard InChI is InChI=1S/C14H15FN2O2.C12H12N2O2.C2H5FO/c1-11(12-5-3-2-4-6-12)17-10-16-9-13(17)14(18)19-8-7-15;1-9(10-5-3-2-4-6-10)14-8-13-7-11(14)12(15)16;3-1-2-4/h2-6,9-11H,7-8H2,1H3;2-9H,1H3,(H,15,16);4H,1-2H2/t11-;9-;/m11./s1. The van der Waals surface area contributed by atoms with Crippen LogP contribution in [-0.2, 0) is 4.74 Å². The van der Waals surface area contributed by atoms with Gasteiger partial charge in [0.2, 0.25) is 0 Å². The quantitative estimate of drug-likeness (QED) is 0.293. The van der Waals surface area contributed by atoms with Crippen molar-refractivity contribution in [1.82, 2.24) is 19.1 Å². The predicted octanol–water partition coefficient (Wildman–Crippen LogP) is 4.76. The minimum atomic E-state index is -0.958. The molecule has 0 spiro atoms. The zero-order chi connectivity index (χ0) is 28.6. The molecule has 0 aliphatic rings. The second kappa shape index (κ2) is 16.5. The number of alkyl halides is 2. The summed E-state index contributed by atoms with van der Waals surface area (Å²) in [5, 5.41) is 16.5. The van der Waals surface area contributed by atoms with E-state index >= 15 is 0 Å². The van der Waals surface area contributed by atoms with Crippen molar-refractivity contribution in [2.45, 2.75) is 25.9 Å². The van der Waals surface area contributed by atoms with Crippen molar-refractivity contribution in [1.29, 1.82) is 0 Å². The van der Waals surface area contributed by atoms with Gasteiger partial charge in [-0.2, -0.15) is 0 Å². The number of carbonyl (C=O) groups excluding carboxylic acids is 1. The van der Waals surface area contributed by atoms with E-state index in [-0.39, 0.29) is 31.0 Å².